The first kappa shape index (κ1) is 9.91. The van der Waals surface area contributed by atoms with Crippen LogP contribution in [0.25, 0.3) is 0 Å². The van der Waals surface area contributed by atoms with Crippen LogP contribution in [0, 0.1) is 0 Å². The molecule has 0 fully saturated rings. The number of hydrogen-bond donors (Lipinski definition) is 1. The molecule has 1 N–H and O–H groups in total. The van der Waals surface area contributed by atoms with Crippen molar-refractivity contribution in [3.63, 3.8) is 0 Å². The van der Waals surface area contributed by atoms with Crippen LogP contribution in [-0.4, -0.2) is 29.7 Å². The summed E-state index contributed by atoms with van der Waals surface area (Å²) < 4.78 is 22.1. The van der Waals surface area contributed by atoms with Crippen molar-refractivity contribution >= 4 is 9.84 Å². The summed E-state index contributed by atoms with van der Waals surface area (Å²) in [6, 6.07) is 0. The standard InChI is InChI=1S/C7H10N2O3S/c1-5(13(2,11)12)7-8-3-6(10)4-9-7/h3-5,10H,1-2H3. The van der Waals surface area contributed by atoms with E-state index in [1.54, 1.807) is 0 Å². The fraction of sp³-hybridized carbons (Fsp3) is 0.429. The molecule has 0 radical (unpaired) electrons. The molecule has 0 saturated heterocycles. The number of rotatable bonds is 2. The molecule has 5 nitrogen and oxygen atoms in total. The van der Waals surface area contributed by atoms with Gasteiger partial charge in [-0.25, -0.2) is 18.4 Å². The number of nitrogens with zero attached hydrogens (tertiary/aromatic N) is 2. The van der Waals surface area contributed by atoms with Gasteiger partial charge in [-0.15, -0.1) is 0 Å². The van der Waals surface area contributed by atoms with Gasteiger partial charge < -0.3 is 5.11 Å². The normalized spacial score (nSPS) is 14.0. The highest BCUT2D eigenvalue weighted by molar-refractivity contribution is 7.90. The average molecular weight is 202 g/mol. The SMILES string of the molecule is CC(c1ncc(O)cn1)S(C)(=O)=O. The molecule has 0 bridgehead atoms. The molecule has 1 aromatic heterocycles. The largest absolute Gasteiger partial charge is 0.505 e. The maximum absolute atomic E-state index is 11.1. The minimum absolute atomic E-state index is 0.0792. The van der Waals surface area contributed by atoms with E-state index in [1.807, 2.05) is 0 Å². The minimum Gasteiger partial charge on any atom is -0.505 e. The van der Waals surface area contributed by atoms with Crippen molar-refractivity contribution in [3.8, 4) is 5.75 Å². The predicted molar refractivity (Wildman–Crippen MR) is 47.0 cm³/mol. The second-order valence-corrected chi connectivity index (χ2v) is 5.14. The third-order valence-electron chi connectivity index (χ3n) is 1.66. The molecule has 0 aliphatic rings. The van der Waals surface area contributed by atoms with E-state index in [-0.39, 0.29) is 11.6 Å². The summed E-state index contributed by atoms with van der Waals surface area (Å²) in [5, 5.41) is 8.12. The van der Waals surface area contributed by atoms with Gasteiger partial charge in [0.2, 0.25) is 0 Å². The summed E-state index contributed by atoms with van der Waals surface area (Å²) in [4.78, 5) is 7.41. The molecule has 0 saturated carbocycles. The Hall–Kier alpha value is -1.17. The Bertz CT molecular complexity index is 385. The van der Waals surface area contributed by atoms with Crippen molar-refractivity contribution < 1.29 is 13.5 Å². The van der Waals surface area contributed by atoms with Crippen LogP contribution in [0.15, 0.2) is 12.4 Å². The fourth-order valence-electron chi connectivity index (χ4n) is 0.733. The molecular formula is C7H10N2O3S. The lowest BCUT2D eigenvalue weighted by Gasteiger charge is -2.06. The first-order valence-corrected chi connectivity index (χ1v) is 5.56. The lowest BCUT2D eigenvalue weighted by atomic mass is 10.4. The van der Waals surface area contributed by atoms with Crippen LogP contribution < -0.4 is 0 Å². The molecule has 1 heterocycles. The average Bonchev–Trinajstić information content (AvgIpc) is 2.03. The Morgan fingerprint density at radius 1 is 1.38 bits per heavy atom. The first-order valence-electron chi connectivity index (χ1n) is 3.61. The van der Waals surface area contributed by atoms with E-state index < -0.39 is 15.1 Å². The maximum atomic E-state index is 11.1. The number of hydrogen-bond acceptors (Lipinski definition) is 5. The smallest absolute Gasteiger partial charge is 0.157 e. The Morgan fingerprint density at radius 2 is 1.85 bits per heavy atom. The fourth-order valence-corrected chi connectivity index (χ4v) is 1.24. The Balaban J connectivity index is 3.04. The topological polar surface area (TPSA) is 80.2 Å². The van der Waals surface area contributed by atoms with Gasteiger partial charge in [-0.05, 0) is 6.92 Å². The lowest BCUT2D eigenvalue weighted by Crippen LogP contribution is -2.10. The quantitative estimate of drug-likeness (QED) is 0.745. The molecular weight excluding hydrogens is 192 g/mol. The summed E-state index contributed by atoms with van der Waals surface area (Å²) in [6.07, 6.45) is 3.46. The van der Waals surface area contributed by atoms with E-state index in [2.05, 4.69) is 9.97 Å². The van der Waals surface area contributed by atoms with E-state index in [9.17, 15) is 8.42 Å². The monoisotopic (exact) mass is 202 g/mol. The van der Waals surface area contributed by atoms with Gasteiger partial charge in [0.15, 0.2) is 15.6 Å². The lowest BCUT2D eigenvalue weighted by molar-refractivity contribution is 0.468. The molecule has 72 valence electrons. The van der Waals surface area contributed by atoms with Gasteiger partial charge in [0.05, 0.1) is 12.4 Å². The molecule has 0 amide bonds. The van der Waals surface area contributed by atoms with Crippen molar-refractivity contribution in [2.45, 2.75) is 12.2 Å². The molecule has 0 aliphatic carbocycles. The highest BCUT2D eigenvalue weighted by atomic mass is 32.2. The molecule has 1 atom stereocenters. The van der Waals surface area contributed by atoms with E-state index >= 15 is 0 Å². The summed E-state index contributed by atoms with van der Waals surface area (Å²) in [5.41, 5.74) is 0. The van der Waals surface area contributed by atoms with Crippen molar-refractivity contribution in [3.05, 3.63) is 18.2 Å². The van der Waals surface area contributed by atoms with Gasteiger partial charge in [-0.3, -0.25) is 0 Å². The molecule has 6 heteroatoms. The number of aromatic nitrogens is 2. The van der Waals surface area contributed by atoms with Crippen LogP contribution in [-0.2, 0) is 9.84 Å². The highest BCUT2D eigenvalue weighted by Crippen LogP contribution is 2.17. The highest BCUT2D eigenvalue weighted by Gasteiger charge is 2.19. The van der Waals surface area contributed by atoms with Crippen LogP contribution in [0.3, 0.4) is 0 Å². The van der Waals surface area contributed by atoms with E-state index in [0.717, 1.165) is 6.26 Å². The summed E-state index contributed by atoms with van der Waals surface area (Å²) in [7, 11) is -3.18. The Morgan fingerprint density at radius 3 is 2.23 bits per heavy atom. The van der Waals surface area contributed by atoms with E-state index in [1.165, 1.54) is 19.3 Å². The van der Waals surface area contributed by atoms with Crippen LogP contribution in [0.5, 0.6) is 5.75 Å². The summed E-state index contributed by atoms with van der Waals surface area (Å²) >= 11 is 0. The minimum atomic E-state index is -3.18. The molecule has 0 aromatic carbocycles. The van der Waals surface area contributed by atoms with Gasteiger partial charge in [-0.2, -0.15) is 0 Å². The zero-order valence-corrected chi connectivity index (χ0v) is 8.11. The third-order valence-corrected chi connectivity index (χ3v) is 3.16. The number of sulfone groups is 1. The molecule has 1 aromatic rings. The first-order chi connectivity index (χ1) is 5.91. The van der Waals surface area contributed by atoms with Crippen LogP contribution in [0.1, 0.15) is 18.0 Å². The molecule has 0 aliphatic heterocycles. The second kappa shape index (κ2) is 3.29. The van der Waals surface area contributed by atoms with E-state index in [4.69, 9.17) is 5.11 Å². The zero-order valence-electron chi connectivity index (χ0n) is 7.30. The van der Waals surface area contributed by atoms with E-state index in [0.29, 0.717) is 0 Å². The molecule has 1 rings (SSSR count). The van der Waals surface area contributed by atoms with Gasteiger partial charge in [0, 0.05) is 6.26 Å². The Labute approximate surface area is 76.4 Å². The molecule has 1 unspecified atom stereocenters. The van der Waals surface area contributed by atoms with Crippen LogP contribution >= 0.6 is 0 Å². The van der Waals surface area contributed by atoms with Crippen molar-refractivity contribution in [1.82, 2.24) is 9.97 Å². The van der Waals surface area contributed by atoms with Gasteiger partial charge in [0.25, 0.3) is 0 Å². The summed E-state index contributed by atoms with van der Waals surface area (Å²) in [6.45, 7) is 1.50. The zero-order chi connectivity index (χ0) is 10.1. The second-order valence-electron chi connectivity index (χ2n) is 2.77. The van der Waals surface area contributed by atoms with Crippen LogP contribution in [0.4, 0.5) is 0 Å². The summed E-state index contributed by atoms with van der Waals surface area (Å²) in [5.74, 6) is 0.116. The van der Waals surface area contributed by atoms with Gasteiger partial charge >= 0.3 is 0 Å². The third kappa shape index (κ3) is 2.38. The Kier molecular flexibility index (Phi) is 2.51. The van der Waals surface area contributed by atoms with Gasteiger partial charge in [-0.1, -0.05) is 0 Å². The van der Waals surface area contributed by atoms with Gasteiger partial charge in [0.1, 0.15) is 11.1 Å². The molecule has 0 spiro atoms. The maximum Gasteiger partial charge on any atom is 0.157 e. The molecule has 13 heavy (non-hydrogen) atoms. The van der Waals surface area contributed by atoms with Crippen molar-refractivity contribution in [2.24, 2.45) is 0 Å². The van der Waals surface area contributed by atoms with Crippen LogP contribution in [0.2, 0.25) is 0 Å². The van der Waals surface area contributed by atoms with Crippen molar-refractivity contribution in [1.29, 1.82) is 0 Å². The van der Waals surface area contributed by atoms with Crippen molar-refractivity contribution in [2.75, 3.05) is 6.26 Å². The predicted octanol–water partition coefficient (Wildman–Crippen LogP) is 0.288. The number of aromatic hydroxyl groups is 1.